The Balaban J connectivity index is 2.19. The SMILES string of the molecule is C[C@H](NS(=O)(=O)c1cnn(C)c1)c1ccccc1. The Morgan fingerprint density at radius 1 is 1.28 bits per heavy atom. The third-order valence-electron chi connectivity index (χ3n) is 2.62. The molecule has 1 N–H and O–H groups in total. The molecule has 6 heteroatoms. The highest BCUT2D eigenvalue weighted by Crippen LogP contribution is 2.15. The van der Waals surface area contributed by atoms with E-state index < -0.39 is 10.0 Å². The van der Waals surface area contributed by atoms with E-state index in [4.69, 9.17) is 0 Å². The lowest BCUT2D eigenvalue weighted by Gasteiger charge is -2.13. The van der Waals surface area contributed by atoms with Crippen LogP contribution in [-0.4, -0.2) is 18.2 Å². The first-order valence-corrected chi connectivity index (χ1v) is 7.03. The molecular formula is C12H15N3O2S. The van der Waals surface area contributed by atoms with Gasteiger partial charge in [-0.1, -0.05) is 30.3 Å². The van der Waals surface area contributed by atoms with Crippen molar-refractivity contribution in [1.82, 2.24) is 14.5 Å². The van der Waals surface area contributed by atoms with Gasteiger partial charge in [-0.15, -0.1) is 0 Å². The van der Waals surface area contributed by atoms with Crippen molar-refractivity contribution in [1.29, 1.82) is 0 Å². The molecule has 5 nitrogen and oxygen atoms in total. The lowest BCUT2D eigenvalue weighted by molar-refractivity contribution is 0.567. The molecular weight excluding hydrogens is 250 g/mol. The first-order chi connectivity index (χ1) is 8.49. The minimum absolute atomic E-state index is 0.174. The summed E-state index contributed by atoms with van der Waals surface area (Å²) >= 11 is 0. The van der Waals surface area contributed by atoms with Gasteiger partial charge in [0.15, 0.2) is 0 Å². The van der Waals surface area contributed by atoms with Gasteiger partial charge >= 0.3 is 0 Å². The van der Waals surface area contributed by atoms with Crippen molar-refractivity contribution in [3.8, 4) is 0 Å². The van der Waals surface area contributed by atoms with Crippen molar-refractivity contribution >= 4 is 10.0 Å². The molecule has 1 aromatic heterocycles. The minimum atomic E-state index is -3.52. The van der Waals surface area contributed by atoms with Crippen molar-refractivity contribution in [2.45, 2.75) is 17.9 Å². The first-order valence-electron chi connectivity index (χ1n) is 5.55. The van der Waals surface area contributed by atoms with Crippen LogP contribution in [0, 0.1) is 0 Å². The van der Waals surface area contributed by atoms with Gasteiger partial charge in [-0.2, -0.15) is 5.10 Å². The van der Waals surface area contributed by atoms with Crippen LogP contribution in [0.1, 0.15) is 18.5 Å². The number of benzene rings is 1. The van der Waals surface area contributed by atoms with Crippen molar-refractivity contribution in [2.75, 3.05) is 0 Å². The molecule has 18 heavy (non-hydrogen) atoms. The summed E-state index contributed by atoms with van der Waals surface area (Å²) in [7, 11) is -1.84. The third kappa shape index (κ3) is 2.77. The third-order valence-corrected chi connectivity index (χ3v) is 4.12. The molecule has 0 aliphatic heterocycles. The quantitative estimate of drug-likeness (QED) is 0.910. The Morgan fingerprint density at radius 2 is 1.94 bits per heavy atom. The first kappa shape index (κ1) is 12.8. The summed E-state index contributed by atoms with van der Waals surface area (Å²) in [6.07, 6.45) is 2.81. The van der Waals surface area contributed by atoms with E-state index in [1.807, 2.05) is 37.3 Å². The van der Waals surface area contributed by atoms with E-state index in [9.17, 15) is 8.42 Å². The van der Waals surface area contributed by atoms with Crippen LogP contribution < -0.4 is 4.72 Å². The van der Waals surface area contributed by atoms with Crippen LogP contribution >= 0.6 is 0 Å². The molecule has 2 rings (SSSR count). The standard InChI is InChI=1S/C12H15N3O2S/c1-10(11-6-4-3-5-7-11)14-18(16,17)12-8-13-15(2)9-12/h3-10,14H,1-2H3/t10-/m0/s1. The second-order valence-electron chi connectivity index (χ2n) is 4.10. The molecule has 0 aliphatic carbocycles. The molecule has 0 unspecified atom stereocenters. The zero-order valence-electron chi connectivity index (χ0n) is 10.2. The second kappa shape index (κ2) is 4.91. The average Bonchev–Trinajstić information content (AvgIpc) is 2.77. The van der Waals surface area contributed by atoms with Gasteiger partial charge in [0.25, 0.3) is 0 Å². The van der Waals surface area contributed by atoms with E-state index in [1.54, 1.807) is 7.05 Å². The van der Waals surface area contributed by atoms with E-state index >= 15 is 0 Å². The highest BCUT2D eigenvalue weighted by molar-refractivity contribution is 7.89. The fourth-order valence-electron chi connectivity index (χ4n) is 1.65. The maximum atomic E-state index is 12.1. The minimum Gasteiger partial charge on any atom is -0.274 e. The maximum Gasteiger partial charge on any atom is 0.244 e. The zero-order chi connectivity index (χ0) is 13.2. The van der Waals surface area contributed by atoms with Gasteiger partial charge in [0.1, 0.15) is 4.90 Å². The topological polar surface area (TPSA) is 64.0 Å². The van der Waals surface area contributed by atoms with E-state index in [0.717, 1.165) is 5.56 Å². The predicted molar refractivity (Wildman–Crippen MR) is 68.4 cm³/mol. The van der Waals surface area contributed by atoms with Gasteiger partial charge in [0.2, 0.25) is 10.0 Å². The number of hydrogen-bond acceptors (Lipinski definition) is 3. The molecule has 0 aliphatic rings. The Hall–Kier alpha value is -1.66. The molecule has 1 atom stereocenters. The molecule has 1 heterocycles. The normalized spacial score (nSPS) is 13.4. The Morgan fingerprint density at radius 3 is 2.50 bits per heavy atom. The molecule has 0 fully saturated rings. The predicted octanol–water partition coefficient (Wildman–Crippen LogP) is 1.46. The number of rotatable bonds is 4. The molecule has 1 aromatic carbocycles. The molecule has 0 spiro atoms. The molecule has 2 aromatic rings. The molecule has 0 bridgehead atoms. The van der Waals surface area contributed by atoms with Gasteiger partial charge in [0, 0.05) is 19.3 Å². The zero-order valence-corrected chi connectivity index (χ0v) is 11.1. The summed E-state index contributed by atoms with van der Waals surface area (Å²) in [6.45, 7) is 1.81. The summed E-state index contributed by atoms with van der Waals surface area (Å²) in [5.74, 6) is 0. The van der Waals surface area contributed by atoms with Crippen molar-refractivity contribution in [2.24, 2.45) is 7.05 Å². The molecule has 0 saturated heterocycles. The van der Waals surface area contributed by atoms with Crippen molar-refractivity contribution < 1.29 is 8.42 Å². The Labute approximate surface area is 107 Å². The van der Waals surface area contributed by atoms with Gasteiger partial charge in [-0.25, -0.2) is 13.1 Å². The number of nitrogens with one attached hydrogen (secondary N) is 1. The van der Waals surface area contributed by atoms with E-state index in [1.165, 1.54) is 17.1 Å². The van der Waals surface area contributed by atoms with Crippen LogP contribution in [0.3, 0.4) is 0 Å². The number of nitrogens with zero attached hydrogens (tertiary/aromatic N) is 2. The Kier molecular flexibility index (Phi) is 3.49. The smallest absolute Gasteiger partial charge is 0.244 e. The number of hydrogen-bond donors (Lipinski definition) is 1. The van der Waals surface area contributed by atoms with Gasteiger partial charge in [0.05, 0.1) is 6.20 Å². The van der Waals surface area contributed by atoms with Crippen LogP contribution in [0.2, 0.25) is 0 Å². The highest BCUT2D eigenvalue weighted by atomic mass is 32.2. The Bertz CT molecular complexity index is 620. The largest absolute Gasteiger partial charge is 0.274 e. The number of aromatic nitrogens is 2. The summed E-state index contributed by atoms with van der Waals surface area (Å²) in [6, 6.07) is 9.14. The van der Waals surface area contributed by atoms with Gasteiger partial charge in [-0.3, -0.25) is 4.68 Å². The monoisotopic (exact) mass is 265 g/mol. The highest BCUT2D eigenvalue weighted by Gasteiger charge is 2.19. The van der Waals surface area contributed by atoms with E-state index in [0.29, 0.717) is 0 Å². The van der Waals surface area contributed by atoms with E-state index in [2.05, 4.69) is 9.82 Å². The van der Waals surface area contributed by atoms with E-state index in [-0.39, 0.29) is 10.9 Å². The lowest BCUT2D eigenvalue weighted by Crippen LogP contribution is -2.26. The average molecular weight is 265 g/mol. The molecule has 0 saturated carbocycles. The van der Waals surface area contributed by atoms with Crippen LogP contribution in [-0.2, 0) is 17.1 Å². The van der Waals surface area contributed by atoms with Gasteiger partial charge < -0.3 is 0 Å². The summed E-state index contributed by atoms with van der Waals surface area (Å²) in [5, 5.41) is 3.86. The van der Waals surface area contributed by atoms with Crippen LogP contribution in [0.25, 0.3) is 0 Å². The van der Waals surface area contributed by atoms with Crippen LogP contribution in [0.5, 0.6) is 0 Å². The van der Waals surface area contributed by atoms with Crippen molar-refractivity contribution in [3.63, 3.8) is 0 Å². The fraction of sp³-hybridized carbons (Fsp3) is 0.250. The lowest BCUT2D eigenvalue weighted by atomic mass is 10.1. The summed E-state index contributed by atoms with van der Waals surface area (Å²) in [4.78, 5) is 0.174. The van der Waals surface area contributed by atoms with Gasteiger partial charge in [-0.05, 0) is 12.5 Å². The second-order valence-corrected chi connectivity index (χ2v) is 5.82. The molecule has 0 radical (unpaired) electrons. The van der Waals surface area contributed by atoms with Crippen LogP contribution in [0.4, 0.5) is 0 Å². The van der Waals surface area contributed by atoms with Crippen LogP contribution in [0.15, 0.2) is 47.6 Å². The summed E-state index contributed by atoms with van der Waals surface area (Å²) < 4.78 is 28.2. The molecule has 96 valence electrons. The van der Waals surface area contributed by atoms with Crippen molar-refractivity contribution in [3.05, 3.63) is 48.3 Å². The summed E-state index contributed by atoms with van der Waals surface area (Å²) in [5.41, 5.74) is 0.921. The number of sulfonamides is 1. The number of aryl methyl sites for hydroxylation is 1. The fourth-order valence-corrected chi connectivity index (χ4v) is 2.86. The molecule has 0 amide bonds. The maximum absolute atomic E-state index is 12.1.